The molecule has 0 aliphatic carbocycles. The maximum absolute atomic E-state index is 14.6. The Morgan fingerprint density at radius 3 is 2.10 bits per heavy atom. The highest BCUT2D eigenvalue weighted by Crippen LogP contribution is 2.57. The Morgan fingerprint density at radius 1 is 0.966 bits per heavy atom. The van der Waals surface area contributed by atoms with Crippen molar-refractivity contribution in [3.8, 4) is 0 Å². The molecule has 1 amide bonds. The van der Waals surface area contributed by atoms with E-state index in [9.17, 15) is 28.5 Å². The second-order valence-corrected chi connectivity index (χ2v) is 17.6. The quantitative estimate of drug-likeness (QED) is 0.146. The van der Waals surface area contributed by atoms with Crippen molar-refractivity contribution in [1.29, 1.82) is 0 Å². The van der Waals surface area contributed by atoms with Gasteiger partial charge in [-0.2, -0.15) is 0 Å². The van der Waals surface area contributed by atoms with Crippen molar-refractivity contribution < 1.29 is 50.9 Å². The zero-order valence-corrected chi connectivity index (χ0v) is 35.2. The third-order valence-electron chi connectivity index (χ3n) is 9.92. The lowest BCUT2D eigenvalue weighted by Crippen LogP contribution is -2.56. The molecule has 2 unspecified atom stereocenters. The van der Waals surface area contributed by atoms with Crippen LogP contribution in [0.4, 0.5) is 0 Å². The SMILES string of the molecule is [C-]#[N+]CCOP(O[C@H]1[C@@H](OC)[C@H](n2ccc(=O)[nH]c2=O)O[C@@]12CNC(=O)C[C@H](C)[C@H]1O[C@@H](n3ccc(=O)[nH]c3=O)[C@H](OC)[C@@H]1OP(=O)(OC)OC2)N(C(C)C)C(C)C. The Kier molecular flexibility index (Phi) is 15.2. The van der Waals surface area contributed by atoms with E-state index in [-0.39, 0.29) is 38.2 Å². The summed E-state index contributed by atoms with van der Waals surface area (Å²) in [6.07, 6.45) is -6.20. The van der Waals surface area contributed by atoms with Crippen LogP contribution in [0, 0.1) is 12.5 Å². The van der Waals surface area contributed by atoms with Crippen LogP contribution in [0.3, 0.4) is 0 Å². The average Bonchev–Trinajstić information content (AvgIpc) is 3.67. The van der Waals surface area contributed by atoms with E-state index in [1.54, 1.807) is 6.92 Å². The number of nitrogens with zero attached hydrogens (tertiary/aromatic N) is 4. The first-order valence-corrected chi connectivity index (χ1v) is 21.1. The van der Waals surface area contributed by atoms with Crippen molar-refractivity contribution in [2.45, 2.75) is 102 Å². The third-order valence-corrected chi connectivity index (χ3v) is 13.4. The highest BCUT2D eigenvalue weighted by atomic mass is 31.2. The van der Waals surface area contributed by atoms with Gasteiger partial charge in [-0.3, -0.25) is 47.1 Å². The zero-order chi connectivity index (χ0) is 42.5. The molecule has 3 saturated heterocycles. The number of aromatic amines is 2. The summed E-state index contributed by atoms with van der Waals surface area (Å²) in [7, 11) is -2.94. The third kappa shape index (κ3) is 9.78. The monoisotopic (exact) mass is 859 g/mol. The minimum absolute atomic E-state index is 0.00148. The van der Waals surface area contributed by atoms with Gasteiger partial charge >= 0.3 is 19.2 Å². The fourth-order valence-corrected chi connectivity index (χ4v) is 10.3. The van der Waals surface area contributed by atoms with E-state index < -0.39 is 106 Å². The molecule has 322 valence electrons. The number of H-pyrrole nitrogens is 2. The van der Waals surface area contributed by atoms with Crippen molar-refractivity contribution in [2.75, 3.05) is 47.6 Å². The van der Waals surface area contributed by atoms with Crippen molar-refractivity contribution in [2.24, 2.45) is 5.92 Å². The van der Waals surface area contributed by atoms with E-state index in [1.807, 2.05) is 32.4 Å². The predicted molar refractivity (Wildman–Crippen MR) is 205 cm³/mol. The van der Waals surface area contributed by atoms with Crippen LogP contribution in [0.1, 0.15) is 53.5 Å². The first kappa shape index (κ1) is 45.7. The number of nitrogens with one attached hydrogen (secondary N) is 3. The van der Waals surface area contributed by atoms with E-state index >= 15 is 0 Å². The van der Waals surface area contributed by atoms with Gasteiger partial charge in [0.25, 0.3) is 19.6 Å². The first-order valence-electron chi connectivity index (χ1n) is 18.5. The molecule has 2 aromatic heterocycles. The summed E-state index contributed by atoms with van der Waals surface area (Å²) in [6, 6.07) is 1.95. The number of methoxy groups -OCH3 is 2. The second-order valence-electron chi connectivity index (χ2n) is 14.5. The minimum Gasteiger partial charge on any atom is -0.374 e. The number of hydrogen-bond acceptors (Lipinski definition) is 16. The fraction of sp³-hybridized carbons (Fsp3) is 0.706. The van der Waals surface area contributed by atoms with Gasteiger partial charge in [0.2, 0.25) is 12.5 Å². The fourth-order valence-electron chi connectivity index (χ4n) is 7.30. The number of amides is 1. The summed E-state index contributed by atoms with van der Waals surface area (Å²) in [5.41, 5.74) is -4.81. The molecule has 3 aliphatic rings. The van der Waals surface area contributed by atoms with Gasteiger partial charge in [0.1, 0.15) is 36.6 Å². The molecule has 1 spiro atoms. The molecule has 2 aromatic rings. The number of aromatic nitrogens is 4. The summed E-state index contributed by atoms with van der Waals surface area (Å²) in [5.74, 6) is -1.18. The van der Waals surface area contributed by atoms with Gasteiger partial charge in [0.15, 0.2) is 12.5 Å². The number of carbonyl (C=O) groups excluding carboxylic acids is 1. The molecule has 0 aromatic carbocycles. The lowest BCUT2D eigenvalue weighted by Gasteiger charge is -2.41. The Hall–Kier alpha value is -3.42. The predicted octanol–water partition coefficient (Wildman–Crippen LogP) is 1.26. The average molecular weight is 860 g/mol. The number of ether oxygens (including phenoxy) is 4. The number of carbonyl (C=O) groups is 1. The number of phosphoric ester groups is 1. The molecular weight excluding hydrogens is 808 g/mol. The summed E-state index contributed by atoms with van der Waals surface area (Å²) >= 11 is 0. The molecule has 24 heteroatoms. The van der Waals surface area contributed by atoms with Gasteiger partial charge in [0, 0.05) is 64.4 Å². The van der Waals surface area contributed by atoms with E-state index in [1.165, 1.54) is 26.6 Å². The standard InChI is InChI=1S/C34H51N7O15P2/c1-19(2)41(20(3)4)57(51-15-12-35-6)55-29-28(49-8)31(40-14-11-23(43)38-33(40)46)54-34(29)17-36-24(44)16-21(5)25-26(56-58(47,50-9)52-18-34)27(48-7)30(53-25)39-13-10-22(42)37-32(39)45/h10-11,13-14,19-21,25-31H,12,15-18H2,1-5,7-9H3,(H,36,44)(H,37,42,45)(H,38,43,46)/t21-,25+,26+,27+,28+,29-,30+,31+,34+,57?,58?/m0/s1. The van der Waals surface area contributed by atoms with Gasteiger partial charge in [-0.25, -0.2) is 25.4 Å². The van der Waals surface area contributed by atoms with Crippen LogP contribution in [0.2, 0.25) is 0 Å². The number of hydrogen-bond donors (Lipinski definition) is 3. The summed E-state index contributed by atoms with van der Waals surface area (Å²) in [6.45, 7) is 15.7. The number of fused-ring (bicyclic) bond motifs is 1. The molecule has 0 bridgehead atoms. The summed E-state index contributed by atoms with van der Waals surface area (Å²) in [5, 5.41) is 2.88. The summed E-state index contributed by atoms with van der Waals surface area (Å²) in [4.78, 5) is 71.7. The van der Waals surface area contributed by atoms with Crippen LogP contribution in [0.25, 0.3) is 4.85 Å². The smallest absolute Gasteiger partial charge is 0.374 e. The molecule has 3 N–H and O–H groups in total. The van der Waals surface area contributed by atoms with E-state index in [2.05, 4.69) is 20.1 Å². The molecule has 5 rings (SSSR count). The molecule has 5 heterocycles. The summed E-state index contributed by atoms with van der Waals surface area (Å²) < 4.78 is 74.2. The van der Waals surface area contributed by atoms with Gasteiger partial charge in [0.05, 0.1) is 19.3 Å². The van der Waals surface area contributed by atoms with E-state index in [0.29, 0.717) is 0 Å². The van der Waals surface area contributed by atoms with Crippen molar-refractivity contribution >= 4 is 22.3 Å². The highest BCUT2D eigenvalue weighted by molar-refractivity contribution is 7.48. The van der Waals surface area contributed by atoms with Gasteiger partial charge < -0.3 is 38.2 Å². The lowest BCUT2D eigenvalue weighted by atomic mass is 9.93. The zero-order valence-electron chi connectivity index (χ0n) is 33.4. The number of phosphoric acid groups is 1. The Bertz CT molecular complexity index is 2060. The topological polar surface area (TPSA) is 247 Å². The van der Waals surface area contributed by atoms with Crippen LogP contribution >= 0.6 is 16.3 Å². The van der Waals surface area contributed by atoms with Gasteiger partial charge in [-0.15, -0.1) is 0 Å². The van der Waals surface area contributed by atoms with Gasteiger partial charge in [-0.1, -0.05) is 6.92 Å². The normalized spacial score (nSPS) is 32.5. The lowest BCUT2D eigenvalue weighted by molar-refractivity contribution is -0.138. The number of rotatable bonds is 13. The molecule has 0 saturated carbocycles. The maximum atomic E-state index is 14.6. The Morgan fingerprint density at radius 2 is 1.57 bits per heavy atom. The Labute approximate surface area is 334 Å². The molecule has 58 heavy (non-hydrogen) atoms. The largest absolute Gasteiger partial charge is 0.475 e. The van der Waals surface area contributed by atoms with Crippen LogP contribution in [-0.4, -0.2) is 126 Å². The van der Waals surface area contributed by atoms with Gasteiger partial charge in [-0.05, 0) is 33.6 Å². The molecule has 3 aliphatic heterocycles. The van der Waals surface area contributed by atoms with Crippen LogP contribution in [0.15, 0.2) is 43.7 Å². The van der Waals surface area contributed by atoms with Crippen molar-refractivity contribution in [3.05, 3.63) is 77.6 Å². The van der Waals surface area contributed by atoms with E-state index in [4.69, 9.17) is 48.1 Å². The molecule has 11 atom stereocenters. The first-order chi connectivity index (χ1) is 27.5. The van der Waals surface area contributed by atoms with Crippen LogP contribution < -0.4 is 27.8 Å². The van der Waals surface area contributed by atoms with Crippen LogP contribution in [0.5, 0.6) is 0 Å². The molecular formula is C34H51N7O15P2. The minimum atomic E-state index is -4.67. The Balaban J connectivity index is 1.62. The molecule has 3 fully saturated rings. The van der Waals surface area contributed by atoms with Crippen LogP contribution in [-0.2, 0) is 50.9 Å². The molecule has 22 nitrogen and oxygen atoms in total. The maximum Gasteiger partial charge on any atom is 0.475 e. The van der Waals surface area contributed by atoms with Crippen molar-refractivity contribution in [1.82, 2.24) is 29.1 Å². The van der Waals surface area contributed by atoms with Crippen molar-refractivity contribution in [3.63, 3.8) is 0 Å². The molecule has 0 radical (unpaired) electrons. The van der Waals surface area contributed by atoms with E-state index in [0.717, 1.165) is 28.4 Å². The highest BCUT2D eigenvalue weighted by Gasteiger charge is 2.61. The second kappa shape index (κ2) is 19.3.